The Kier molecular flexibility index (Phi) is 11.0. The average molecular weight is 476 g/mol. The molecule has 1 aromatic rings. The van der Waals surface area contributed by atoms with Crippen molar-refractivity contribution in [1.82, 2.24) is 5.32 Å². The molecule has 0 saturated heterocycles. The van der Waals surface area contributed by atoms with Gasteiger partial charge in [-0.2, -0.15) is 0 Å². The van der Waals surface area contributed by atoms with Gasteiger partial charge in [0.2, 0.25) is 0 Å². The van der Waals surface area contributed by atoms with Crippen LogP contribution in [0.2, 0.25) is 0 Å². The number of methoxy groups -OCH3 is 1. The highest BCUT2D eigenvalue weighted by atomic mass is 16.6. The van der Waals surface area contributed by atoms with E-state index >= 15 is 0 Å². The highest BCUT2D eigenvalue weighted by Gasteiger charge is 2.35. The van der Waals surface area contributed by atoms with Crippen molar-refractivity contribution in [3.63, 3.8) is 0 Å². The molecule has 0 aromatic heterocycles. The molecule has 0 heterocycles. The van der Waals surface area contributed by atoms with Crippen molar-refractivity contribution in [2.24, 2.45) is 11.8 Å². The molecule has 0 aliphatic heterocycles. The molecule has 190 valence electrons. The number of benzene rings is 1. The predicted molar refractivity (Wildman–Crippen MR) is 130 cm³/mol. The van der Waals surface area contributed by atoms with Crippen molar-refractivity contribution in [2.45, 2.75) is 97.0 Å². The third-order valence-corrected chi connectivity index (χ3v) is 6.17. The Morgan fingerprint density at radius 2 is 1.71 bits per heavy atom. The van der Waals surface area contributed by atoms with Gasteiger partial charge in [-0.15, -0.1) is 0 Å². The summed E-state index contributed by atoms with van der Waals surface area (Å²) in [6.45, 7) is 7.51. The summed E-state index contributed by atoms with van der Waals surface area (Å²) in [5.41, 5.74) is 0.329. The average Bonchev–Trinajstić information content (AvgIpc) is 2.80. The smallest absolute Gasteiger partial charge is 0.408 e. The van der Waals surface area contributed by atoms with Crippen LogP contribution in [0.1, 0.15) is 78.2 Å². The normalized spacial score (nSPS) is 17.3. The second kappa shape index (κ2) is 13.5. The minimum Gasteiger partial charge on any atom is -0.469 e. The number of ether oxygens (including phenoxy) is 3. The standard InChI is InChI=1S/C27H41NO6/c1-19(34-27(2,3)4)24(28-26(31)33-18-21-14-10-7-11-15-21)23(29)17-22(25(30)32-5)16-20-12-8-6-9-13-20/h7,10-11,14-15,19-20,22,24H,6,8-9,12-13,16-18H2,1-5H3,(H,28,31)/t19?,22-,24+/m1/s1. The van der Waals surface area contributed by atoms with Crippen molar-refractivity contribution in [3.8, 4) is 0 Å². The number of alkyl carbamates (subject to hydrolysis) is 1. The van der Waals surface area contributed by atoms with Gasteiger partial charge >= 0.3 is 12.1 Å². The van der Waals surface area contributed by atoms with E-state index in [1.165, 1.54) is 13.5 Å². The lowest BCUT2D eigenvalue weighted by Crippen LogP contribution is -2.51. The maximum atomic E-state index is 13.4. The van der Waals surface area contributed by atoms with Gasteiger partial charge in [0, 0.05) is 6.42 Å². The lowest BCUT2D eigenvalue weighted by atomic mass is 9.80. The Morgan fingerprint density at radius 1 is 1.06 bits per heavy atom. The zero-order chi connectivity index (χ0) is 25.1. The lowest BCUT2D eigenvalue weighted by molar-refractivity contribution is -0.149. The van der Waals surface area contributed by atoms with E-state index in [0.29, 0.717) is 12.3 Å². The molecule has 1 N–H and O–H groups in total. The van der Waals surface area contributed by atoms with Gasteiger partial charge in [0.25, 0.3) is 0 Å². The quantitative estimate of drug-likeness (QED) is 0.442. The van der Waals surface area contributed by atoms with E-state index in [9.17, 15) is 14.4 Å². The number of nitrogens with one attached hydrogen (secondary N) is 1. The number of carbonyl (C=O) groups is 3. The number of hydrogen-bond donors (Lipinski definition) is 1. The van der Waals surface area contributed by atoms with Gasteiger partial charge in [-0.3, -0.25) is 9.59 Å². The largest absolute Gasteiger partial charge is 0.469 e. The third kappa shape index (κ3) is 9.84. The van der Waals surface area contributed by atoms with E-state index in [-0.39, 0.29) is 24.8 Å². The first-order valence-corrected chi connectivity index (χ1v) is 12.3. The number of esters is 1. The minimum absolute atomic E-state index is 0.00928. The zero-order valence-electron chi connectivity index (χ0n) is 21.3. The van der Waals surface area contributed by atoms with Gasteiger partial charge < -0.3 is 19.5 Å². The molecule has 1 amide bonds. The number of hydrogen-bond acceptors (Lipinski definition) is 6. The van der Waals surface area contributed by atoms with Crippen LogP contribution in [0.3, 0.4) is 0 Å². The van der Waals surface area contributed by atoms with Crippen LogP contribution in [0.5, 0.6) is 0 Å². The number of amides is 1. The van der Waals surface area contributed by atoms with E-state index in [0.717, 1.165) is 31.2 Å². The Morgan fingerprint density at radius 3 is 2.29 bits per heavy atom. The second-order valence-corrected chi connectivity index (χ2v) is 10.2. The summed E-state index contributed by atoms with van der Waals surface area (Å²) in [6, 6.07) is 8.37. The molecule has 0 radical (unpaired) electrons. The second-order valence-electron chi connectivity index (χ2n) is 10.2. The van der Waals surface area contributed by atoms with Crippen LogP contribution in [-0.4, -0.2) is 42.7 Å². The van der Waals surface area contributed by atoms with Crippen LogP contribution in [0.25, 0.3) is 0 Å². The monoisotopic (exact) mass is 475 g/mol. The van der Waals surface area contributed by atoms with E-state index < -0.39 is 29.8 Å². The van der Waals surface area contributed by atoms with Gasteiger partial charge in [0.15, 0.2) is 5.78 Å². The Bertz CT molecular complexity index is 782. The van der Waals surface area contributed by atoms with Crippen LogP contribution in [0.15, 0.2) is 30.3 Å². The van der Waals surface area contributed by atoms with E-state index in [4.69, 9.17) is 14.2 Å². The van der Waals surface area contributed by atoms with Crippen LogP contribution < -0.4 is 5.32 Å². The van der Waals surface area contributed by atoms with Crippen molar-refractivity contribution in [2.75, 3.05) is 7.11 Å². The molecule has 34 heavy (non-hydrogen) atoms. The highest BCUT2D eigenvalue weighted by Crippen LogP contribution is 2.31. The summed E-state index contributed by atoms with van der Waals surface area (Å²) in [6.07, 6.45) is 4.97. The highest BCUT2D eigenvalue weighted by molar-refractivity contribution is 5.91. The van der Waals surface area contributed by atoms with Crippen molar-refractivity contribution in [3.05, 3.63) is 35.9 Å². The number of Topliss-reactive ketones (excluding diaryl/α,β-unsaturated/α-hetero) is 1. The Balaban J connectivity index is 2.08. The SMILES string of the molecule is COC(=O)[C@@H](CC(=O)[C@@H](NC(=O)OCc1ccccc1)C(C)OC(C)(C)C)CC1CCCCC1. The summed E-state index contributed by atoms with van der Waals surface area (Å²) in [7, 11) is 1.35. The molecule has 3 atom stereocenters. The van der Waals surface area contributed by atoms with Gasteiger partial charge in [-0.05, 0) is 45.6 Å². The Labute approximate surface area is 203 Å². The fourth-order valence-electron chi connectivity index (χ4n) is 4.60. The summed E-state index contributed by atoms with van der Waals surface area (Å²) < 4.78 is 16.3. The van der Waals surface area contributed by atoms with Gasteiger partial charge in [0.1, 0.15) is 12.6 Å². The lowest BCUT2D eigenvalue weighted by Gasteiger charge is -2.31. The molecule has 1 fully saturated rings. The summed E-state index contributed by atoms with van der Waals surface area (Å²) in [5, 5.41) is 2.69. The number of carbonyl (C=O) groups excluding carboxylic acids is 3. The molecule has 1 unspecified atom stereocenters. The minimum atomic E-state index is -0.944. The predicted octanol–water partition coefficient (Wildman–Crippen LogP) is 5.20. The van der Waals surface area contributed by atoms with Crippen molar-refractivity contribution < 1.29 is 28.6 Å². The molecule has 1 saturated carbocycles. The first-order chi connectivity index (χ1) is 16.1. The summed E-state index contributed by atoms with van der Waals surface area (Å²) in [4.78, 5) is 38.5. The molecular formula is C27H41NO6. The van der Waals surface area contributed by atoms with Crippen molar-refractivity contribution >= 4 is 17.8 Å². The molecule has 7 heteroatoms. The van der Waals surface area contributed by atoms with Crippen LogP contribution in [0.4, 0.5) is 4.79 Å². The molecule has 1 aliphatic carbocycles. The van der Waals surface area contributed by atoms with E-state index in [1.54, 1.807) is 6.92 Å². The van der Waals surface area contributed by atoms with Gasteiger partial charge in [-0.25, -0.2) is 4.79 Å². The summed E-state index contributed by atoms with van der Waals surface area (Å²) in [5.74, 6) is -0.767. The summed E-state index contributed by atoms with van der Waals surface area (Å²) >= 11 is 0. The maximum absolute atomic E-state index is 13.4. The van der Waals surface area contributed by atoms with Crippen LogP contribution in [-0.2, 0) is 30.4 Å². The number of ketones is 1. The van der Waals surface area contributed by atoms with Crippen LogP contribution in [0, 0.1) is 11.8 Å². The van der Waals surface area contributed by atoms with Gasteiger partial charge in [-0.1, -0.05) is 62.4 Å². The maximum Gasteiger partial charge on any atom is 0.408 e. The van der Waals surface area contributed by atoms with Crippen LogP contribution >= 0.6 is 0 Å². The van der Waals surface area contributed by atoms with E-state index in [1.807, 2.05) is 51.1 Å². The molecular weight excluding hydrogens is 434 g/mol. The molecule has 1 aromatic carbocycles. The molecule has 2 rings (SSSR count). The fraction of sp³-hybridized carbons (Fsp3) is 0.667. The zero-order valence-corrected chi connectivity index (χ0v) is 21.3. The van der Waals surface area contributed by atoms with E-state index in [2.05, 4.69) is 5.32 Å². The fourth-order valence-corrected chi connectivity index (χ4v) is 4.60. The van der Waals surface area contributed by atoms with Gasteiger partial charge in [0.05, 0.1) is 24.7 Å². The first-order valence-electron chi connectivity index (χ1n) is 12.3. The molecule has 0 bridgehead atoms. The van der Waals surface area contributed by atoms with Crippen molar-refractivity contribution in [1.29, 1.82) is 0 Å². The third-order valence-electron chi connectivity index (χ3n) is 6.17. The first kappa shape index (κ1) is 27.8. The molecule has 1 aliphatic rings. The topological polar surface area (TPSA) is 90.9 Å². The molecule has 7 nitrogen and oxygen atoms in total. The number of rotatable bonds is 11. The molecule has 0 spiro atoms. The Hall–Kier alpha value is -2.41.